The number of imidazole rings is 1. The zero-order chi connectivity index (χ0) is 35.0. The predicted molar refractivity (Wildman–Crippen MR) is 219 cm³/mol. The lowest BCUT2D eigenvalue weighted by molar-refractivity contribution is 1.14. The third-order valence-corrected chi connectivity index (χ3v) is 9.71. The second-order valence-electron chi connectivity index (χ2n) is 13.0. The van der Waals surface area contributed by atoms with Crippen LogP contribution in [0, 0.1) is 0 Å². The molecule has 0 aliphatic heterocycles. The number of para-hydroxylation sites is 3. The molecule has 246 valence electrons. The van der Waals surface area contributed by atoms with Gasteiger partial charge in [-0.25, -0.2) is 15.0 Å². The normalized spacial score (nSPS) is 12.2. The molecule has 0 unspecified atom stereocenters. The topological polar surface area (TPSA) is 43.6 Å². The van der Waals surface area contributed by atoms with Crippen LogP contribution in [-0.2, 0) is 0 Å². The Balaban J connectivity index is 1.17. The average molecular weight is 667 g/mol. The van der Waals surface area contributed by atoms with E-state index in [9.17, 15) is 0 Å². The van der Waals surface area contributed by atoms with Crippen LogP contribution in [0.1, 0.15) is 12.5 Å². The molecule has 0 spiro atoms. The summed E-state index contributed by atoms with van der Waals surface area (Å²) in [5, 5.41) is 4.41. The molecule has 6 aromatic carbocycles. The average Bonchev–Trinajstić information content (AvgIpc) is 3.60. The molecule has 0 saturated heterocycles. The van der Waals surface area contributed by atoms with Gasteiger partial charge in [0.2, 0.25) is 0 Å². The summed E-state index contributed by atoms with van der Waals surface area (Å²) in [6.45, 7) is 6.21. The van der Waals surface area contributed by atoms with Crippen LogP contribution in [-0.4, -0.2) is 19.5 Å². The zero-order valence-corrected chi connectivity index (χ0v) is 28.7. The molecule has 0 radical (unpaired) electrons. The molecule has 0 bridgehead atoms. The quantitative estimate of drug-likeness (QED) is 0.126. The predicted octanol–water partition coefficient (Wildman–Crippen LogP) is 12.4. The Bertz CT molecular complexity index is 2840. The maximum Gasteiger partial charge on any atom is 0.145 e. The highest BCUT2D eigenvalue weighted by molar-refractivity contribution is 6.20. The van der Waals surface area contributed by atoms with Gasteiger partial charge in [-0.2, -0.15) is 0 Å². The summed E-state index contributed by atoms with van der Waals surface area (Å²) in [5.41, 5.74) is 12.2. The maximum absolute atomic E-state index is 5.29. The van der Waals surface area contributed by atoms with Crippen molar-refractivity contribution >= 4 is 54.9 Å². The van der Waals surface area contributed by atoms with Gasteiger partial charge in [0.25, 0.3) is 0 Å². The summed E-state index contributed by atoms with van der Waals surface area (Å²) < 4.78 is 2.22. The molecular formula is C48H34N4. The highest BCUT2D eigenvalue weighted by Crippen LogP contribution is 2.38. The van der Waals surface area contributed by atoms with E-state index in [1.165, 1.54) is 0 Å². The lowest BCUT2D eigenvalue weighted by Gasteiger charge is -2.14. The summed E-state index contributed by atoms with van der Waals surface area (Å²) in [6.07, 6.45) is 6.10. The van der Waals surface area contributed by atoms with Crippen LogP contribution in [0.15, 0.2) is 183 Å². The van der Waals surface area contributed by atoms with Gasteiger partial charge in [0.05, 0.1) is 33.5 Å². The third kappa shape index (κ3) is 5.47. The van der Waals surface area contributed by atoms with Gasteiger partial charge >= 0.3 is 0 Å². The largest absolute Gasteiger partial charge is 0.292 e. The Morgan fingerprint density at radius 3 is 2.02 bits per heavy atom. The fourth-order valence-electron chi connectivity index (χ4n) is 7.18. The number of hydrogen-bond donors (Lipinski definition) is 0. The first-order valence-corrected chi connectivity index (χ1v) is 17.5. The number of rotatable bonds is 7. The van der Waals surface area contributed by atoms with Gasteiger partial charge in [-0.05, 0) is 59.9 Å². The van der Waals surface area contributed by atoms with E-state index in [-0.39, 0.29) is 0 Å². The van der Waals surface area contributed by atoms with E-state index in [4.69, 9.17) is 15.0 Å². The van der Waals surface area contributed by atoms with Crippen molar-refractivity contribution in [3.63, 3.8) is 0 Å². The van der Waals surface area contributed by atoms with Crippen LogP contribution in [0.2, 0.25) is 0 Å². The third-order valence-electron chi connectivity index (χ3n) is 9.71. The summed E-state index contributed by atoms with van der Waals surface area (Å²) in [6, 6.07) is 54.7. The molecule has 0 aliphatic carbocycles. The van der Waals surface area contributed by atoms with E-state index in [0.717, 1.165) is 94.3 Å². The smallest absolute Gasteiger partial charge is 0.145 e. The summed E-state index contributed by atoms with van der Waals surface area (Å²) >= 11 is 0. The molecule has 0 saturated carbocycles. The second-order valence-corrected chi connectivity index (χ2v) is 13.0. The highest BCUT2D eigenvalue weighted by Gasteiger charge is 2.17. The van der Waals surface area contributed by atoms with E-state index >= 15 is 0 Å². The van der Waals surface area contributed by atoms with Gasteiger partial charge in [-0.3, -0.25) is 4.57 Å². The molecule has 3 heterocycles. The summed E-state index contributed by atoms with van der Waals surface area (Å²) in [4.78, 5) is 15.6. The Morgan fingerprint density at radius 2 is 1.25 bits per heavy atom. The minimum absolute atomic E-state index is 0.889. The summed E-state index contributed by atoms with van der Waals surface area (Å²) in [7, 11) is 0. The Labute approximate surface area is 302 Å². The van der Waals surface area contributed by atoms with Crippen molar-refractivity contribution in [2.75, 3.05) is 0 Å². The number of allylic oxidation sites excluding steroid dienone is 5. The lowest BCUT2D eigenvalue weighted by Crippen LogP contribution is -1.99. The van der Waals surface area contributed by atoms with Crippen LogP contribution in [0.25, 0.3) is 88.8 Å². The summed E-state index contributed by atoms with van der Waals surface area (Å²) in [5.74, 6) is 0.889. The minimum atomic E-state index is 0.889. The molecule has 3 aromatic heterocycles. The molecule has 4 heteroatoms. The van der Waals surface area contributed by atoms with Crippen molar-refractivity contribution in [2.45, 2.75) is 6.92 Å². The molecule has 0 aliphatic rings. The second kappa shape index (κ2) is 13.1. The van der Waals surface area contributed by atoms with Crippen molar-refractivity contribution < 1.29 is 0 Å². The van der Waals surface area contributed by atoms with Gasteiger partial charge in [-0.1, -0.05) is 146 Å². The molecule has 0 atom stereocenters. The standard InChI is InChI=1S/C48H34N4/c1-3-14-38(52-44-22-13-12-21-43(44)51-48(52)37-17-8-5-9-18-37)31-32(2)33-23-25-35(26-24-33)47-45-40(39-19-10-11-20-42(39)50-47)29-27-36-28-30-41(49-46(36)45)34-15-6-4-7-16-34/h3-31H,1H2,2H3/b32-31+,38-14+. The van der Waals surface area contributed by atoms with Crippen molar-refractivity contribution in [3.05, 3.63) is 188 Å². The zero-order valence-electron chi connectivity index (χ0n) is 28.7. The van der Waals surface area contributed by atoms with Gasteiger partial charge in [-0.15, -0.1) is 0 Å². The van der Waals surface area contributed by atoms with Gasteiger partial charge < -0.3 is 0 Å². The molecular weight excluding hydrogens is 633 g/mol. The van der Waals surface area contributed by atoms with Gasteiger partial charge in [0, 0.05) is 38.5 Å². The first kappa shape index (κ1) is 31.1. The van der Waals surface area contributed by atoms with E-state index in [1.54, 1.807) is 0 Å². The molecule has 9 aromatic rings. The van der Waals surface area contributed by atoms with Crippen LogP contribution >= 0.6 is 0 Å². The fourth-order valence-corrected chi connectivity index (χ4v) is 7.18. The monoisotopic (exact) mass is 666 g/mol. The lowest BCUT2D eigenvalue weighted by atomic mass is 9.96. The molecule has 0 amide bonds. The minimum Gasteiger partial charge on any atom is -0.292 e. The van der Waals surface area contributed by atoms with Crippen LogP contribution in [0.3, 0.4) is 0 Å². The number of nitrogens with zero attached hydrogens (tertiary/aromatic N) is 4. The van der Waals surface area contributed by atoms with Crippen molar-refractivity contribution in [3.8, 4) is 33.9 Å². The Morgan fingerprint density at radius 1 is 0.577 bits per heavy atom. The fraction of sp³-hybridized carbons (Fsp3) is 0.0208. The van der Waals surface area contributed by atoms with Crippen LogP contribution in [0.5, 0.6) is 0 Å². The van der Waals surface area contributed by atoms with Gasteiger partial charge in [0.15, 0.2) is 0 Å². The first-order chi connectivity index (χ1) is 25.7. The molecule has 0 fully saturated rings. The Kier molecular flexibility index (Phi) is 7.83. The van der Waals surface area contributed by atoms with Gasteiger partial charge in [0.1, 0.15) is 5.82 Å². The number of aromatic nitrogens is 4. The number of pyridine rings is 2. The number of hydrogen-bond acceptors (Lipinski definition) is 3. The van der Waals surface area contributed by atoms with Crippen LogP contribution in [0.4, 0.5) is 0 Å². The van der Waals surface area contributed by atoms with E-state index in [1.807, 2.05) is 42.5 Å². The number of fused-ring (bicyclic) bond motifs is 6. The first-order valence-electron chi connectivity index (χ1n) is 17.5. The molecule has 4 nitrogen and oxygen atoms in total. The number of benzene rings is 6. The Hall–Kier alpha value is -6.91. The van der Waals surface area contributed by atoms with E-state index < -0.39 is 0 Å². The molecule has 52 heavy (non-hydrogen) atoms. The van der Waals surface area contributed by atoms with E-state index in [0.29, 0.717) is 0 Å². The van der Waals surface area contributed by atoms with Crippen molar-refractivity contribution in [1.82, 2.24) is 19.5 Å². The molecule has 9 rings (SSSR count). The van der Waals surface area contributed by atoms with Crippen LogP contribution < -0.4 is 0 Å². The van der Waals surface area contributed by atoms with Crippen molar-refractivity contribution in [2.24, 2.45) is 0 Å². The van der Waals surface area contributed by atoms with Crippen molar-refractivity contribution in [1.29, 1.82) is 0 Å². The molecule has 0 N–H and O–H groups in total. The maximum atomic E-state index is 5.29. The van der Waals surface area contributed by atoms with E-state index in [2.05, 4.69) is 152 Å². The SMILES string of the molecule is C=C/C=C(\C=C(/C)c1ccc(-c2nc3ccccc3c3ccc4ccc(-c5ccccc5)nc4c23)cc1)n1c(-c2ccccc2)nc2ccccc21. The highest BCUT2D eigenvalue weighted by atomic mass is 15.1.